The second kappa shape index (κ2) is 8.75. The molecule has 0 bridgehead atoms. The summed E-state index contributed by atoms with van der Waals surface area (Å²) in [5, 5.41) is 2.85. The van der Waals surface area contributed by atoms with Crippen LogP contribution in [0.25, 0.3) is 0 Å². The molecular formula is C21H25N3O4S. The van der Waals surface area contributed by atoms with Crippen molar-refractivity contribution in [3.63, 3.8) is 0 Å². The van der Waals surface area contributed by atoms with Crippen LogP contribution < -0.4 is 5.32 Å². The molecule has 0 saturated carbocycles. The largest absolute Gasteiger partial charge is 0.345 e. The van der Waals surface area contributed by atoms with Crippen molar-refractivity contribution in [3.8, 4) is 0 Å². The molecule has 29 heavy (non-hydrogen) atoms. The third kappa shape index (κ3) is 4.83. The average molecular weight is 416 g/mol. The van der Waals surface area contributed by atoms with E-state index in [1.807, 2.05) is 0 Å². The molecule has 2 aromatic carbocycles. The minimum Gasteiger partial charge on any atom is -0.345 e. The smallest absolute Gasteiger partial charge is 0.253 e. The first kappa shape index (κ1) is 21.0. The van der Waals surface area contributed by atoms with Gasteiger partial charge in [0.05, 0.1) is 4.90 Å². The highest BCUT2D eigenvalue weighted by Gasteiger charge is 2.32. The first-order valence-electron chi connectivity index (χ1n) is 9.47. The maximum absolute atomic E-state index is 12.7. The van der Waals surface area contributed by atoms with Crippen molar-refractivity contribution in [2.45, 2.75) is 17.7 Å². The van der Waals surface area contributed by atoms with Gasteiger partial charge >= 0.3 is 0 Å². The van der Waals surface area contributed by atoms with Gasteiger partial charge in [-0.25, -0.2) is 8.42 Å². The quantitative estimate of drug-likeness (QED) is 0.813. The number of hydrogen-bond donors (Lipinski definition) is 1. The number of nitrogens with one attached hydrogen (secondary N) is 1. The van der Waals surface area contributed by atoms with Crippen LogP contribution in [0.1, 0.15) is 23.2 Å². The molecule has 1 aliphatic rings. The molecule has 0 aliphatic carbocycles. The Bertz CT molecular complexity index is 982. The molecule has 0 radical (unpaired) electrons. The van der Waals surface area contributed by atoms with Gasteiger partial charge in [0, 0.05) is 44.4 Å². The monoisotopic (exact) mass is 415 g/mol. The van der Waals surface area contributed by atoms with Crippen molar-refractivity contribution in [2.24, 2.45) is 5.92 Å². The van der Waals surface area contributed by atoms with Gasteiger partial charge in [-0.15, -0.1) is 0 Å². The predicted molar refractivity (Wildman–Crippen MR) is 111 cm³/mol. The molecular weight excluding hydrogens is 390 g/mol. The predicted octanol–water partition coefficient (Wildman–Crippen LogP) is 2.43. The second-order valence-electron chi connectivity index (χ2n) is 7.26. The summed E-state index contributed by atoms with van der Waals surface area (Å²) in [5.41, 5.74) is 1.05. The Balaban J connectivity index is 1.61. The van der Waals surface area contributed by atoms with E-state index in [9.17, 15) is 18.0 Å². The minimum atomic E-state index is -3.53. The third-order valence-electron chi connectivity index (χ3n) is 4.99. The Morgan fingerprint density at radius 2 is 1.66 bits per heavy atom. The molecule has 0 atom stereocenters. The number of benzene rings is 2. The molecule has 0 aromatic heterocycles. The molecule has 8 heteroatoms. The van der Waals surface area contributed by atoms with Gasteiger partial charge in [-0.2, -0.15) is 4.31 Å². The zero-order valence-corrected chi connectivity index (χ0v) is 17.4. The van der Waals surface area contributed by atoms with Crippen LogP contribution in [0.5, 0.6) is 0 Å². The molecule has 1 aliphatic heterocycles. The lowest BCUT2D eigenvalue weighted by Crippen LogP contribution is -2.41. The van der Waals surface area contributed by atoms with Crippen molar-refractivity contribution >= 4 is 27.5 Å². The van der Waals surface area contributed by atoms with Crippen LogP contribution in [0, 0.1) is 5.92 Å². The fourth-order valence-electron chi connectivity index (χ4n) is 3.33. The molecule has 1 heterocycles. The molecule has 1 N–H and O–H groups in total. The van der Waals surface area contributed by atoms with E-state index in [0.29, 0.717) is 37.2 Å². The van der Waals surface area contributed by atoms with Crippen molar-refractivity contribution in [1.29, 1.82) is 0 Å². The third-order valence-corrected chi connectivity index (χ3v) is 6.90. The lowest BCUT2D eigenvalue weighted by Gasteiger charge is -2.30. The summed E-state index contributed by atoms with van der Waals surface area (Å²) in [6, 6.07) is 15.1. The van der Waals surface area contributed by atoms with Gasteiger partial charge in [0.1, 0.15) is 0 Å². The molecule has 7 nitrogen and oxygen atoms in total. The zero-order chi connectivity index (χ0) is 21.0. The molecule has 2 amide bonds. The van der Waals surface area contributed by atoms with E-state index < -0.39 is 10.0 Å². The van der Waals surface area contributed by atoms with E-state index in [1.165, 1.54) is 9.21 Å². The molecule has 154 valence electrons. The topological polar surface area (TPSA) is 86.8 Å². The van der Waals surface area contributed by atoms with Crippen LogP contribution in [0.4, 0.5) is 5.69 Å². The highest BCUT2D eigenvalue weighted by Crippen LogP contribution is 2.25. The summed E-state index contributed by atoms with van der Waals surface area (Å²) in [7, 11) is -0.191. The first-order valence-corrected chi connectivity index (χ1v) is 10.9. The van der Waals surface area contributed by atoms with Gasteiger partial charge in [0.25, 0.3) is 5.91 Å². The van der Waals surface area contributed by atoms with Crippen LogP contribution >= 0.6 is 0 Å². The van der Waals surface area contributed by atoms with Crippen LogP contribution in [-0.4, -0.2) is 56.6 Å². The van der Waals surface area contributed by atoms with E-state index in [-0.39, 0.29) is 22.6 Å². The number of piperidine rings is 1. The minimum absolute atomic E-state index is 0.138. The number of hydrogen-bond acceptors (Lipinski definition) is 4. The Kier molecular flexibility index (Phi) is 6.34. The molecule has 0 unspecified atom stereocenters. The van der Waals surface area contributed by atoms with Crippen LogP contribution in [0.15, 0.2) is 59.5 Å². The average Bonchev–Trinajstić information content (AvgIpc) is 2.74. The first-order chi connectivity index (χ1) is 13.8. The lowest BCUT2D eigenvalue weighted by molar-refractivity contribution is -0.120. The number of carbonyl (C=O) groups is 2. The maximum Gasteiger partial charge on any atom is 0.253 e. The maximum atomic E-state index is 12.7. The number of carbonyl (C=O) groups excluding carboxylic acids is 2. The van der Waals surface area contributed by atoms with Gasteiger partial charge in [0.2, 0.25) is 15.9 Å². The van der Waals surface area contributed by atoms with Crippen molar-refractivity contribution in [2.75, 3.05) is 32.5 Å². The van der Waals surface area contributed by atoms with Gasteiger partial charge in [-0.1, -0.05) is 24.3 Å². The number of anilines is 1. The molecule has 3 rings (SSSR count). The Hall–Kier alpha value is -2.71. The Morgan fingerprint density at radius 3 is 2.28 bits per heavy atom. The standard InChI is InChI=1S/C21H25N3O4S/c1-23(2)21(26)17-7-6-8-18(15-17)22-20(25)16-11-13-24(14-12-16)29(27,28)19-9-4-3-5-10-19/h3-10,15-16H,11-14H2,1-2H3,(H,22,25). The molecule has 1 fully saturated rings. The Labute approximate surface area is 171 Å². The Morgan fingerprint density at radius 1 is 1.00 bits per heavy atom. The summed E-state index contributed by atoms with van der Waals surface area (Å²) < 4.78 is 26.8. The van der Waals surface area contributed by atoms with Crippen molar-refractivity contribution in [1.82, 2.24) is 9.21 Å². The zero-order valence-electron chi connectivity index (χ0n) is 16.5. The van der Waals surface area contributed by atoms with Crippen molar-refractivity contribution in [3.05, 3.63) is 60.2 Å². The van der Waals surface area contributed by atoms with E-state index in [2.05, 4.69) is 5.32 Å². The number of sulfonamides is 1. The molecule has 2 aromatic rings. The van der Waals surface area contributed by atoms with E-state index in [4.69, 9.17) is 0 Å². The summed E-state index contributed by atoms with van der Waals surface area (Å²) in [6.45, 7) is 0.600. The lowest BCUT2D eigenvalue weighted by atomic mass is 9.97. The van der Waals surface area contributed by atoms with E-state index >= 15 is 0 Å². The molecule has 0 spiro atoms. The van der Waals surface area contributed by atoms with Gasteiger partial charge in [-0.3, -0.25) is 9.59 Å². The normalized spacial score (nSPS) is 15.7. The van der Waals surface area contributed by atoms with Gasteiger partial charge < -0.3 is 10.2 Å². The fourth-order valence-corrected chi connectivity index (χ4v) is 4.82. The fraction of sp³-hybridized carbons (Fsp3) is 0.333. The van der Waals surface area contributed by atoms with Crippen molar-refractivity contribution < 1.29 is 18.0 Å². The highest BCUT2D eigenvalue weighted by atomic mass is 32.2. The summed E-state index contributed by atoms with van der Waals surface area (Å²) in [5.74, 6) is -0.567. The van der Waals surface area contributed by atoms with Gasteiger partial charge in [0.15, 0.2) is 0 Å². The van der Waals surface area contributed by atoms with E-state index in [0.717, 1.165) is 0 Å². The molecule has 1 saturated heterocycles. The van der Waals surface area contributed by atoms with Gasteiger partial charge in [-0.05, 0) is 43.2 Å². The number of nitrogens with zero attached hydrogens (tertiary/aromatic N) is 2. The van der Waals surface area contributed by atoms with Crippen LogP contribution in [0.3, 0.4) is 0 Å². The summed E-state index contributed by atoms with van der Waals surface area (Å²) in [6.07, 6.45) is 0.905. The SMILES string of the molecule is CN(C)C(=O)c1cccc(NC(=O)C2CCN(S(=O)(=O)c3ccccc3)CC2)c1. The van der Waals surface area contributed by atoms with E-state index in [1.54, 1.807) is 68.7 Å². The summed E-state index contributed by atoms with van der Waals surface area (Å²) in [4.78, 5) is 26.5. The summed E-state index contributed by atoms with van der Waals surface area (Å²) >= 11 is 0. The second-order valence-corrected chi connectivity index (χ2v) is 9.20. The van der Waals surface area contributed by atoms with Crippen LogP contribution in [0.2, 0.25) is 0 Å². The number of rotatable bonds is 5. The highest BCUT2D eigenvalue weighted by molar-refractivity contribution is 7.89. The number of amides is 2. The van der Waals surface area contributed by atoms with Crippen LogP contribution in [-0.2, 0) is 14.8 Å².